The van der Waals surface area contributed by atoms with Crippen LogP contribution in [0.2, 0.25) is 0 Å². The number of hydrogen-bond acceptors (Lipinski definition) is 5. The third-order valence-electron chi connectivity index (χ3n) is 4.08. The minimum Gasteiger partial charge on any atom is -0.493 e. The molecule has 3 rings (SSSR count). The fourth-order valence-corrected chi connectivity index (χ4v) is 3.28. The monoisotopic (exact) mass is 308 g/mol. The lowest BCUT2D eigenvalue weighted by atomic mass is 10.1. The third kappa shape index (κ3) is 3.84. The molecule has 116 valence electrons. The average molecular weight is 308 g/mol. The van der Waals surface area contributed by atoms with E-state index in [1.54, 1.807) is 7.11 Å². The Labute approximate surface area is 131 Å². The van der Waals surface area contributed by atoms with Crippen molar-refractivity contribution in [2.45, 2.75) is 12.5 Å². The summed E-state index contributed by atoms with van der Waals surface area (Å²) in [6, 6.07) is 6.23. The molecule has 0 aromatic heterocycles. The number of methoxy groups -OCH3 is 1. The van der Waals surface area contributed by atoms with Crippen molar-refractivity contribution in [1.29, 1.82) is 0 Å². The van der Waals surface area contributed by atoms with Crippen LogP contribution < -0.4 is 14.8 Å². The maximum atomic E-state index is 6.17. The Kier molecular flexibility index (Phi) is 5.27. The molecule has 2 aliphatic rings. The van der Waals surface area contributed by atoms with Crippen molar-refractivity contribution in [1.82, 2.24) is 10.2 Å². The molecule has 0 aliphatic carbocycles. The highest BCUT2D eigenvalue weighted by Crippen LogP contribution is 2.35. The lowest BCUT2D eigenvalue weighted by molar-refractivity contribution is 0.220. The molecule has 0 unspecified atom stereocenters. The highest BCUT2D eigenvalue weighted by atomic mass is 32.2. The van der Waals surface area contributed by atoms with Gasteiger partial charge in [-0.05, 0) is 18.1 Å². The van der Waals surface area contributed by atoms with Crippen molar-refractivity contribution < 1.29 is 9.47 Å². The Morgan fingerprint density at radius 1 is 1.29 bits per heavy atom. The van der Waals surface area contributed by atoms with Gasteiger partial charge in [0, 0.05) is 44.2 Å². The zero-order valence-corrected chi connectivity index (χ0v) is 13.5. The molecule has 2 fully saturated rings. The van der Waals surface area contributed by atoms with Crippen molar-refractivity contribution in [2.24, 2.45) is 0 Å². The summed E-state index contributed by atoms with van der Waals surface area (Å²) in [6.07, 6.45) is 1.37. The fraction of sp³-hybridized carbons (Fsp3) is 0.625. The summed E-state index contributed by atoms with van der Waals surface area (Å²) in [5.41, 5.74) is 1.27. The predicted octanol–water partition coefficient (Wildman–Crippen LogP) is 1.64. The van der Waals surface area contributed by atoms with Crippen LogP contribution in [0.5, 0.6) is 11.5 Å². The van der Waals surface area contributed by atoms with Crippen LogP contribution in [0.3, 0.4) is 0 Å². The molecule has 5 heteroatoms. The number of nitrogens with zero attached hydrogens (tertiary/aromatic N) is 1. The minimum absolute atomic E-state index is 0.351. The molecule has 0 spiro atoms. The number of rotatable bonds is 6. The van der Waals surface area contributed by atoms with Gasteiger partial charge in [0.2, 0.25) is 0 Å². The Morgan fingerprint density at radius 3 is 2.76 bits per heavy atom. The molecule has 21 heavy (non-hydrogen) atoms. The first-order chi connectivity index (χ1) is 10.4. The van der Waals surface area contributed by atoms with Gasteiger partial charge in [0.05, 0.1) is 7.11 Å². The molecule has 0 radical (unpaired) electrons. The Morgan fingerprint density at radius 2 is 2.10 bits per heavy atom. The van der Waals surface area contributed by atoms with E-state index in [2.05, 4.69) is 22.3 Å². The molecule has 2 saturated heterocycles. The summed E-state index contributed by atoms with van der Waals surface area (Å²) in [5.74, 6) is 4.01. The van der Waals surface area contributed by atoms with E-state index in [1.165, 1.54) is 5.56 Å². The molecule has 4 nitrogen and oxygen atoms in total. The standard InChI is InChI=1S/C16H24N2O2S/c1-19-15-4-2-3-13(16(15)20-14-11-21-12-14)5-8-18-9-6-17-7-10-18/h2-4,14,17H,5-12H2,1H3. The third-order valence-corrected chi connectivity index (χ3v) is 5.29. The molecule has 1 aromatic rings. The summed E-state index contributed by atoms with van der Waals surface area (Å²) in [6.45, 7) is 5.56. The van der Waals surface area contributed by atoms with Crippen molar-refractivity contribution in [3.8, 4) is 11.5 Å². The highest BCUT2D eigenvalue weighted by molar-refractivity contribution is 8.00. The maximum absolute atomic E-state index is 6.17. The topological polar surface area (TPSA) is 33.7 Å². The van der Waals surface area contributed by atoms with Gasteiger partial charge in [-0.1, -0.05) is 12.1 Å². The molecular formula is C16H24N2O2S. The summed E-state index contributed by atoms with van der Waals surface area (Å²) >= 11 is 1.94. The highest BCUT2D eigenvalue weighted by Gasteiger charge is 2.23. The number of para-hydroxylation sites is 1. The van der Waals surface area contributed by atoms with Crippen LogP contribution in [0.4, 0.5) is 0 Å². The fourth-order valence-electron chi connectivity index (χ4n) is 2.71. The van der Waals surface area contributed by atoms with Gasteiger partial charge in [0.25, 0.3) is 0 Å². The summed E-state index contributed by atoms with van der Waals surface area (Å²) < 4.78 is 11.7. The Bertz CT molecular complexity index is 460. The normalized spacial score (nSPS) is 20.0. The zero-order valence-electron chi connectivity index (χ0n) is 12.6. The lowest BCUT2D eigenvalue weighted by Gasteiger charge is -2.29. The van der Waals surface area contributed by atoms with E-state index >= 15 is 0 Å². The van der Waals surface area contributed by atoms with Crippen LogP contribution in [0.15, 0.2) is 18.2 Å². The summed E-state index contributed by atoms with van der Waals surface area (Å²) in [4.78, 5) is 2.51. The number of piperazine rings is 1. The number of benzene rings is 1. The van der Waals surface area contributed by atoms with E-state index in [0.29, 0.717) is 6.10 Å². The molecule has 0 atom stereocenters. The number of ether oxygens (including phenoxy) is 2. The molecular weight excluding hydrogens is 284 g/mol. The smallest absolute Gasteiger partial charge is 0.164 e. The average Bonchev–Trinajstić information content (AvgIpc) is 2.50. The van der Waals surface area contributed by atoms with Crippen LogP contribution in [-0.2, 0) is 6.42 Å². The first kappa shape index (κ1) is 15.0. The van der Waals surface area contributed by atoms with Crippen molar-refractivity contribution in [2.75, 3.05) is 51.3 Å². The van der Waals surface area contributed by atoms with E-state index in [4.69, 9.17) is 9.47 Å². The van der Waals surface area contributed by atoms with Gasteiger partial charge in [-0.25, -0.2) is 0 Å². The van der Waals surface area contributed by atoms with E-state index in [0.717, 1.165) is 62.1 Å². The number of hydrogen-bond donors (Lipinski definition) is 1. The van der Waals surface area contributed by atoms with Crippen molar-refractivity contribution in [3.63, 3.8) is 0 Å². The predicted molar refractivity (Wildman–Crippen MR) is 87.7 cm³/mol. The van der Waals surface area contributed by atoms with Gasteiger partial charge in [-0.2, -0.15) is 11.8 Å². The Balaban J connectivity index is 1.66. The molecule has 1 aromatic carbocycles. The lowest BCUT2D eigenvalue weighted by Crippen LogP contribution is -2.44. The van der Waals surface area contributed by atoms with E-state index in [1.807, 2.05) is 17.8 Å². The molecule has 2 aliphatic heterocycles. The summed E-state index contributed by atoms with van der Waals surface area (Å²) in [7, 11) is 1.72. The first-order valence-electron chi connectivity index (χ1n) is 7.70. The maximum Gasteiger partial charge on any atom is 0.164 e. The van der Waals surface area contributed by atoms with Gasteiger partial charge in [-0.15, -0.1) is 0 Å². The SMILES string of the molecule is COc1cccc(CCN2CCNCC2)c1OC1CSC1. The Hall–Kier alpha value is -0.910. The molecule has 0 bridgehead atoms. The van der Waals surface area contributed by atoms with Gasteiger partial charge >= 0.3 is 0 Å². The van der Waals surface area contributed by atoms with Gasteiger partial charge in [0.15, 0.2) is 11.5 Å². The number of nitrogens with one attached hydrogen (secondary N) is 1. The van der Waals surface area contributed by atoms with Crippen molar-refractivity contribution >= 4 is 11.8 Å². The van der Waals surface area contributed by atoms with E-state index < -0.39 is 0 Å². The number of thioether (sulfide) groups is 1. The summed E-state index contributed by atoms with van der Waals surface area (Å²) in [5, 5.41) is 3.40. The molecule has 0 saturated carbocycles. The van der Waals surface area contributed by atoms with Crippen LogP contribution in [0.1, 0.15) is 5.56 Å². The minimum atomic E-state index is 0.351. The molecule has 1 N–H and O–H groups in total. The second kappa shape index (κ2) is 7.38. The molecule has 2 heterocycles. The second-order valence-electron chi connectivity index (χ2n) is 5.57. The van der Waals surface area contributed by atoms with Crippen LogP contribution in [0, 0.1) is 0 Å². The molecule has 0 amide bonds. The van der Waals surface area contributed by atoms with E-state index in [9.17, 15) is 0 Å². The zero-order chi connectivity index (χ0) is 14.5. The second-order valence-corrected chi connectivity index (χ2v) is 6.64. The first-order valence-corrected chi connectivity index (χ1v) is 8.85. The largest absolute Gasteiger partial charge is 0.493 e. The van der Waals surface area contributed by atoms with Gasteiger partial charge < -0.3 is 19.7 Å². The van der Waals surface area contributed by atoms with Crippen LogP contribution in [-0.4, -0.2) is 62.3 Å². The van der Waals surface area contributed by atoms with E-state index in [-0.39, 0.29) is 0 Å². The van der Waals surface area contributed by atoms with Crippen LogP contribution >= 0.6 is 11.8 Å². The van der Waals surface area contributed by atoms with Gasteiger partial charge in [-0.3, -0.25) is 0 Å². The van der Waals surface area contributed by atoms with Crippen molar-refractivity contribution in [3.05, 3.63) is 23.8 Å². The van der Waals surface area contributed by atoms with Crippen LogP contribution in [0.25, 0.3) is 0 Å². The quantitative estimate of drug-likeness (QED) is 0.864. The van der Waals surface area contributed by atoms with Gasteiger partial charge in [0.1, 0.15) is 6.10 Å².